The van der Waals surface area contributed by atoms with Gasteiger partial charge in [0.2, 0.25) is 0 Å². The minimum absolute atomic E-state index is 0.0353. The Hall–Kier alpha value is -0.760. The zero-order chi connectivity index (χ0) is 14.2. The number of nitrogens with zero attached hydrogens (tertiary/aromatic N) is 3. The Bertz CT molecular complexity index is 721. The van der Waals surface area contributed by atoms with E-state index in [1.54, 1.807) is 36.2 Å². The maximum atomic E-state index is 12.8. The van der Waals surface area contributed by atoms with E-state index in [0.29, 0.717) is 18.7 Å². The van der Waals surface area contributed by atoms with E-state index in [9.17, 15) is 8.42 Å². The molecule has 8 heteroatoms. The van der Waals surface area contributed by atoms with Gasteiger partial charge in [-0.2, -0.15) is 16.1 Å². The van der Waals surface area contributed by atoms with E-state index in [4.69, 9.17) is 11.6 Å². The fraction of sp³-hybridized carbons (Fsp3) is 0.417. The number of imidazole rings is 1. The van der Waals surface area contributed by atoms with Crippen LogP contribution in [0.3, 0.4) is 0 Å². The summed E-state index contributed by atoms with van der Waals surface area (Å²) >= 11 is 7.85. The van der Waals surface area contributed by atoms with Gasteiger partial charge in [0.25, 0.3) is 10.0 Å². The van der Waals surface area contributed by atoms with Crippen LogP contribution in [0.2, 0.25) is 5.15 Å². The first-order valence-electron chi connectivity index (χ1n) is 6.31. The molecule has 3 heterocycles. The average molecular weight is 332 g/mol. The summed E-state index contributed by atoms with van der Waals surface area (Å²) in [6.45, 7) is 1.05. The summed E-state index contributed by atoms with van der Waals surface area (Å²) in [6, 6.07) is 5.31. The number of thioether (sulfide) groups is 1. The van der Waals surface area contributed by atoms with Crippen LogP contribution in [0.1, 0.15) is 6.42 Å². The summed E-state index contributed by atoms with van der Waals surface area (Å²) in [4.78, 5) is 4.12. The first-order valence-corrected chi connectivity index (χ1v) is 9.28. The van der Waals surface area contributed by atoms with Crippen molar-refractivity contribution >= 4 is 39.0 Å². The summed E-state index contributed by atoms with van der Waals surface area (Å²) < 4.78 is 28.7. The molecule has 1 aliphatic heterocycles. The number of hydrogen-bond donors (Lipinski definition) is 0. The second kappa shape index (κ2) is 5.55. The summed E-state index contributed by atoms with van der Waals surface area (Å²) in [5.41, 5.74) is 0.542. The van der Waals surface area contributed by atoms with Gasteiger partial charge in [0.05, 0.1) is 0 Å². The van der Waals surface area contributed by atoms with Gasteiger partial charge in [0.15, 0.2) is 10.2 Å². The third-order valence-corrected chi connectivity index (χ3v) is 6.56. The molecule has 108 valence electrons. The molecule has 0 atom stereocenters. The van der Waals surface area contributed by atoms with Crippen molar-refractivity contribution in [3.63, 3.8) is 0 Å². The molecule has 0 unspecified atom stereocenters. The SMILES string of the molecule is O=S(=O)(c1c(Cl)nc2ccccn12)N1CCCSCC1. The Morgan fingerprint density at radius 3 is 2.95 bits per heavy atom. The zero-order valence-corrected chi connectivity index (χ0v) is 13.1. The van der Waals surface area contributed by atoms with Crippen LogP contribution < -0.4 is 0 Å². The minimum Gasteiger partial charge on any atom is -0.288 e. The van der Waals surface area contributed by atoms with Gasteiger partial charge in [-0.25, -0.2) is 13.4 Å². The fourth-order valence-electron chi connectivity index (χ4n) is 2.26. The van der Waals surface area contributed by atoms with Crippen molar-refractivity contribution in [1.29, 1.82) is 0 Å². The molecule has 1 aliphatic rings. The fourth-order valence-corrected chi connectivity index (χ4v) is 5.34. The van der Waals surface area contributed by atoms with Crippen molar-refractivity contribution in [3.8, 4) is 0 Å². The molecule has 0 saturated carbocycles. The number of sulfonamides is 1. The molecule has 3 rings (SSSR count). The molecule has 0 bridgehead atoms. The Labute approximate surface area is 127 Å². The second-order valence-electron chi connectivity index (χ2n) is 4.51. The van der Waals surface area contributed by atoms with Crippen LogP contribution in [0.25, 0.3) is 5.65 Å². The van der Waals surface area contributed by atoms with Crippen LogP contribution in [0, 0.1) is 0 Å². The van der Waals surface area contributed by atoms with Crippen LogP contribution in [0.5, 0.6) is 0 Å². The highest BCUT2D eigenvalue weighted by Crippen LogP contribution is 2.27. The molecule has 1 fully saturated rings. The lowest BCUT2D eigenvalue weighted by molar-refractivity contribution is 0.432. The van der Waals surface area contributed by atoms with E-state index >= 15 is 0 Å². The van der Waals surface area contributed by atoms with E-state index in [0.717, 1.165) is 17.9 Å². The molecule has 2 aromatic rings. The highest BCUT2D eigenvalue weighted by atomic mass is 35.5. The van der Waals surface area contributed by atoms with E-state index < -0.39 is 10.0 Å². The number of hydrogen-bond acceptors (Lipinski definition) is 4. The first-order chi connectivity index (χ1) is 9.60. The second-order valence-corrected chi connectivity index (χ2v) is 7.94. The molecule has 1 saturated heterocycles. The number of fused-ring (bicyclic) bond motifs is 1. The molecule has 0 radical (unpaired) electrons. The first kappa shape index (κ1) is 14.2. The van der Waals surface area contributed by atoms with Gasteiger partial charge < -0.3 is 0 Å². The lowest BCUT2D eigenvalue weighted by Crippen LogP contribution is -2.33. The number of halogens is 1. The van der Waals surface area contributed by atoms with Crippen molar-refractivity contribution in [2.24, 2.45) is 0 Å². The van der Waals surface area contributed by atoms with Crippen LogP contribution in [0.4, 0.5) is 0 Å². The number of pyridine rings is 1. The predicted molar refractivity (Wildman–Crippen MR) is 80.9 cm³/mol. The molecule has 0 aliphatic carbocycles. The molecule has 0 spiro atoms. The van der Waals surface area contributed by atoms with Gasteiger partial charge in [-0.3, -0.25) is 4.40 Å². The quantitative estimate of drug-likeness (QED) is 0.845. The third-order valence-electron chi connectivity index (χ3n) is 3.21. The van der Waals surface area contributed by atoms with Crippen LogP contribution in [-0.4, -0.2) is 46.7 Å². The van der Waals surface area contributed by atoms with Gasteiger partial charge in [-0.05, 0) is 24.3 Å². The van der Waals surface area contributed by atoms with E-state index in [1.165, 1.54) is 8.71 Å². The lowest BCUT2D eigenvalue weighted by Gasteiger charge is -2.19. The Balaban J connectivity index is 2.11. The summed E-state index contributed by atoms with van der Waals surface area (Å²) in [5, 5.41) is 0.106. The van der Waals surface area contributed by atoms with Crippen LogP contribution in [-0.2, 0) is 10.0 Å². The highest BCUT2D eigenvalue weighted by molar-refractivity contribution is 7.99. The molecule has 2 aromatic heterocycles. The van der Waals surface area contributed by atoms with E-state index in [2.05, 4.69) is 4.98 Å². The van der Waals surface area contributed by atoms with Crippen LogP contribution >= 0.6 is 23.4 Å². The van der Waals surface area contributed by atoms with Crippen molar-refractivity contribution in [3.05, 3.63) is 29.5 Å². The summed E-state index contributed by atoms with van der Waals surface area (Å²) in [7, 11) is -3.61. The topological polar surface area (TPSA) is 54.7 Å². The van der Waals surface area contributed by atoms with Gasteiger partial charge in [0.1, 0.15) is 5.65 Å². The molecule has 0 N–H and O–H groups in total. The minimum atomic E-state index is -3.61. The molecule has 20 heavy (non-hydrogen) atoms. The largest absolute Gasteiger partial charge is 0.288 e. The van der Waals surface area contributed by atoms with Gasteiger partial charge >= 0.3 is 0 Å². The Morgan fingerprint density at radius 2 is 2.10 bits per heavy atom. The maximum absolute atomic E-state index is 12.8. The van der Waals surface area contributed by atoms with Crippen molar-refractivity contribution in [2.45, 2.75) is 11.4 Å². The monoisotopic (exact) mass is 331 g/mol. The molecule has 0 amide bonds. The number of rotatable bonds is 2. The summed E-state index contributed by atoms with van der Waals surface area (Å²) in [6.07, 6.45) is 2.53. The van der Waals surface area contributed by atoms with Crippen molar-refractivity contribution in [1.82, 2.24) is 13.7 Å². The smallest absolute Gasteiger partial charge is 0.262 e. The molecular weight excluding hydrogens is 318 g/mol. The van der Waals surface area contributed by atoms with Gasteiger partial charge in [-0.1, -0.05) is 17.7 Å². The zero-order valence-electron chi connectivity index (χ0n) is 10.7. The van der Waals surface area contributed by atoms with E-state index in [1.807, 2.05) is 0 Å². The molecule has 0 aromatic carbocycles. The predicted octanol–water partition coefficient (Wildman–Crippen LogP) is 2.12. The van der Waals surface area contributed by atoms with E-state index in [-0.39, 0.29) is 10.2 Å². The maximum Gasteiger partial charge on any atom is 0.262 e. The summed E-state index contributed by atoms with van der Waals surface area (Å²) in [5.74, 6) is 1.81. The highest BCUT2D eigenvalue weighted by Gasteiger charge is 2.31. The third kappa shape index (κ3) is 2.43. The van der Waals surface area contributed by atoms with Gasteiger partial charge in [-0.15, -0.1) is 0 Å². The Kier molecular flexibility index (Phi) is 3.94. The lowest BCUT2D eigenvalue weighted by atomic mass is 10.5. The standard InChI is InChI=1S/C12H14ClN3O2S2/c13-11-12(16-6-2-1-4-10(16)14-11)20(17,18)15-5-3-8-19-9-7-15/h1-2,4,6H,3,5,7-9H2. The van der Waals surface area contributed by atoms with Crippen LogP contribution in [0.15, 0.2) is 29.4 Å². The van der Waals surface area contributed by atoms with Gasteiger partial charge in [0, 0.05) is 25.0 Å². The number of aromatic nitrogens is 2. The molecule has 5 nitrogen and oxygen atoms in total. The molecular formula is C12H14ClN3O2S2. The van der Waals surface area contributed by atoms with Crippen molar-refractivity contribution in [2.75, 3.05) is 24.6 Å². The Morgan fingerprint density at radius 1 is 1.25 bits per heavy atom. The van der Waals surface area contributed by atoms with Crippen molar-refractivity contribution < 1.29 is 8.42 Å². The normalized spacial score (nSPS) is 18.2. The average Bonchev–Trinajstić information content (AvgIpc) is 2.61.